The number of piperidine rings is 1. The van der Waals surface area contributed by atoms with Crippen molar-refractivity contribution in [2.75, 3.05) is 45.8 Å². The van der Waals surface area contributed by atoms with Crippen LogP contribution in [0.5, 0.6) is 0 Å². The number of carbonyl (C=O) groups excluding carboxylic acids is 1. The second-order valence-electron chi connectivity index (χ2n) is 9.00. The van der Waals surface area contributed by atoms with Gasteiger partial charge < -0.3 is 14.5 Å². The van der Waals surface area contributed by atoms with Crippen LogP contribution in [0.25, 0.3) is 0 Å². The maximum absolute atomic E-state index is 12.4. The summed E-state index contributed by atoms with van der Waals surface area (Å²) in [6.07, 6.45) is 2.14. The molecule has 0 N–H and O–H groups in total. The molecule has 1 aromatic carbocycles. The second-order valence-corrected chi connectivity index (χ2v) is 9.00. The summed E-state index contributed by atoms with van der Waals surface area (Å²) in [6.45, 7) is 14.1. The van der Waals surface area contributed by atoms with Crippen LogP contribution in [-0.4, -0.2) is 72.2 Å². The number of hydrogen-bond acceptors (Lipinski definition) is 4. The van der Waals surface area contributed by atoms with Crippen molar-refractivity contribution in [3.8, 4) is 0 Å². The molecule has 2 heterocycles. The summed E-state index contributed by atoms with van der Waals surface area (Å²) in [4.78, 5) is 19.4. The SMILES string of the molecule is CC(C)(C)OC(=O)N1CCCC(CN2CCN(Cc3ccccc3)CC2)C1. The van der Waals surface area contributed by atoms with Gasteiger partial charge in [0.1, 0.15) is 5.60 Å². The molecule has 2 aliphatic heterocycles. The Morgan fingerprint density at radius 2 is 1.70 bits per heavy atom. The summed E-state index contributed by atoms with van der Waals surface area (Å²) < 4.78 is 5.55. The molecule has 2 aliphatic rings. The largest absolute Gasteiger partial charge is 0.444 e. The summed E-state index contributed by atoms with van der Waals surface area (Å²) in [7, 11) is 0. The van der Waals surface area contributed by atoms with E-state index in [2.05, 4.69) is 40.1 Å². The van der Waals surface area contributed by atoms with Gasteiger partial charge in [-0.15, -0.1) is 0 Å². The summed E-state index contributed by atoms with van der Waals surface area (Å²) in [5.41, 5.74) is 0.977. The van der Waals surface area contributed by atoms with Crippen LogP contribution in [0.2, 0.25) is 0 Å². The Kier molecular flexibility index (Phi) is 6.77. The van der Waals surface area contributed by atoms with Crippen molar-refractivity contribution in [1.29, 1.82) is 0 Å². The molecule has 3 rings (SSSR count). The summed E-state index contributed by atoms with van der Waals surface area (Å²) in [5, 5.41) is 0. The molecule has 5 heteroatoms. The molecule has 0 radical (unpaired) electrons. The smallest absolute Gasteiger partial charge is 0.410 e. The lowest BCUT2D eigenvalue weighted by Crippen LogP contribution is -2.50. The van der Waals surface area contributed by atoms with Crippen molar-refractivity contribution in [3.05, 3.63) is 35.9 Å². The summed E-state index contributed by atoms with van der Waals surface area (Å²) >= 11 is 0. The molecule has 1 amide bonds. The van der Waals surface area contributed by atoms with E-state index in [-0.39, 0.29) is 6.09 Å². The van der Waals surface area contributed by atoms with E-state index in [4.69, 9.17) is 4.74 Å². The van der Waals surface area contributed by atoms with E-state index in [1.807, 2.05) is 25.7 Å². The fraction of sp³-hybridized carbons (Fsp3) is 0.682. The molecule has 2 saturated heterocycles. The lowest BCUT2D eigenvalue weighted by Gasteiger charge is -2.39. The van der Waals surface area contributed by atoms with Crippen molar-refractivity contribution in [3.63, 3.8) is 0 Å². The zero-order chi connectivity index (χ0) is 19.3. The first kappa shape index (κ1) is 20.2. The predicted molar refractivity (Wildman–Crippen MR) is 109 cm³/mol. The highest BCUT2D eigenvalue weighted by Gasteiger charge is 2.29. The van der Waals surface area contributed by atoms with Gasteiger partial charge in [0.15, 0.2) is 0 Å². The van der Waals surface area contributed by atoms with Gasteiger partial charge in [0.25, 0.3) is 0 Å². The fourth-order valence-corrected chi connectivity index (χ4v) is 4.04. The number of rotatable bonds is 4. The van der Waals surface area contributed by atoms with Gasteiger partial charge in [-0.1, -0.05) is 30.3 Å². The number of amides is 1. The van der Waals surface area contributed by atoms with Gasteiger partial charge in [-0.05, 0) is 45.1 Å². The predicted octanol–water partition coefficient (Wildman–Crippen LogP) is 3.45. The third-order valence-electron chi connectivity index (χ3n) is 5.40. The Bertz CT molecular complexity index is 591. The van der Waals surface area contributed by atoms with Gasteiger partial charge in [0, 0.05) is 52.4 Å². The normalized spacial score (nSPS) is 22.6. The third kappa shape index (κ3) is 6.51. The lowest BCUT2D eigenvalue weighted by atomic mass is 9.97. The Hall–Kier alpha value is -1.59. The first-order chi connectivity index (χ1) is 12.9. The highest BCUT2D eigenvalue weighted by Crippen LogP contribution is 2.21. The van der Waals surface area contributed by atoms with Gasteiger partial charge in [-0.2, -0.15) is 0 Å². The molecule has 1 unspecified atom stereocenters. The molecule has 2 fully saturated rings. The summed E-state index contributed by atoms with van der Waals surface area (Å²) in [5.74, 6) is 0.562. The monoisotopic (exact) mass is 373 g/mol. The molecule has 1 atom stereocenters. The number of piperazine rings is 1. The first-order valence-corrected chi connectivity index (χ1v) is 10.4. The quantitative estimate of drug-likeness (QED) is 0.810. The van der Waals surface area contributed by atoms with Crippen LogP contribution < -0.4 is 0 Å². The third-order valence-corrected chi connectivity index (χ3v) is 5.40. The van der Waals surface area contributed by atoms with Crippen LogP contribution in [0.3, 0.4) is 0 Å². The number of hydrogen-bond donors (Lipinski definition) is 0. The van der Waals surface area contributed by atoms with Gasteiger partial charge in [0.2, 0.25) is 0 Å². The van der Waals surface area contributed by atoms with Gasteiger partial charge in [0.05, 0.1) is 0 Å². The number of benzene rings is 1. The lowest BCUT2D eigenvalue weighted by molar-refractivity contribution is 0.0129. The van der Waals surface area contributed by atoms with Crippen LogP contribution >= 0.6 is 0 Å². The topological polar surface area (TPSA) is 36.0 Å². The van der Waals surface area contributed by atoms with Crippen LogP contribution in [0.1, 0.15) is 39.2 Å². The highest BCUT2D eigenvalue weighted by molar-refractivity contribution is 5.68. The van der Waals surface area contributed by atoms with E-state index >= 15 is 0 Å². The fourth-order valence-electron chi connectivity index (χ4n) is 4.04. The average molecular weight is 374 g/mol. The molecule has 27 heavy (non-hydrogen) atoms. The number of nitrogens with zero attached hydrogens (tertiary/aromatic N) is 3. The molecule has 0 aliphatic carbocycles. The van der Waals surface area contributed by atoms with Gasteiger partial charge in [-0.3, -0.25) is 4.90 Å². The van der Waals surface area contributed by atoms with Crippen LogP contribution in [0.4, 0.5) is 4.79 Å². The highest BCUT2D eigenvalue weighted by atomic mass is 16.6. The van der Waals surface area contributed by atoms with E-state index in [1.165, 1.54) is 12.0 Å². The van der Waals surface area contributed by atoms with E-state index in [0.29, 0.717) is 5.92 Å². The van der Waals surface area contributed by atoms with Gasteiger partial charge in [-0.25, -0.2) is 4.79 Å². The van der Waals surface area contributed by atoms with E-state index in [1.54, 1.807) is 0 Å². The molecule has 0 saturated carbocycles. The minimum absolute atomic E-state index is 0.153. The van der Waals surface area contributed by atoms with Gasteiger partial charge >= 0.3 is 6.09 Å². The molecule has 150 valence electrons. The zero-order valence-electron chi connectivity index (χ0n) is 17.2. The number of carbonyl (C=O) groups is 1. The minimum Gasteiger partial charge on any atom is -0.444 e. The molecular formula is C22H35N3O2. The van der Waals surface area contributed by atoms with Crippen molar-refractivity contribution < 1.29 is 9.53 Å². The van der Waals surface area contributed by atoms with Crippen LogP contribution in [-0.2, 0) is 11.3 Å². The van der Waals surface area contributed by atoms with E-state index in [9.17, 15) is 4.79 Å². The molecule has 0 spiro atoms. The molecular weight excluding hydrogens is 338 g/mol. The standard InChI is InChI=1S/C22H35N3O2/c1-22(2,3)27-21(26)25-11-7-10-20(18-25)17-24-14-12-23(13-15-24)16-19-8-5-4-6-9-19/h4-6,8-9,20H,7,10-18H2,1-3H3. The van der Waals surface area contributed by atoms with Crippen molar-refractivity contribution in [2.24, 2.45) is 5.92 Å². The number of likely N-dealkylation sites (tertiary alicyclic amines) is 1. The molecule has 0 bridgehead atoms. The number of ether oxygens (including phenoxy) is 1. The first-order valence-electron chi connectivity index (χ1n) is 10.4. The molecule has 0 aromatic heterocycles. The second kappa shape index (κ2) is 9.07. The van der Waals surface area contributed by atoms with Crippen molar-refractivity contribution in [1.82, 2.24) is 14.7 Å². The Morgan fingerprint density at radius 1 is 1.04 bits per heavy atom. The summed E-state index contributed by atoms with van der Waals surface area (Å²) in [6, 6.07) is 10.7. The minimum atomic E-state index is -0.418. The van der Waals surface area contributed by atoms with E-state index < -0.39 is 5.60 Å². The van der Waals surface area contributed by atoms with Crippen molar-refractivity contribution >= 4 is 6.09 Å². The average Bonchev–Trinajstić information content (AvgIpc) is 2.63. The zero-order valence-corrected chi connectivity index (χ0v) is 17.2. The van der Waals surface area contributed by atoms with Crippen LogP contribution in [0, 0.1) is 5.92 Å². The maximum Gasteiger partial charge on any atom is 0.410 e. The van der Waals surface area contributed by atoms with E-state index in [0.717, 1.165) is 58.8 Å². The molecule has 1 aromatic rings. The molecule has 5 nitrogen and oxygen atoms in total. The Balaban J connectivity index is 1.41. The Labute approximate surface area is 164 Å². The van der Waals surface area contributed by atoms with Crippen LogP contribution in [0.15, 0.2) is 30.3 Å². The van der Waals surface area contributed by atoms with Crippen molar-refractivity contribution in [2.45, 2.75) is 45.8 Å². The maximum atomic E-state index is 12.4. The Morgan fingerprint density at radius 3 is 2.37 bits per heavy atom.